The van der Waals surface area contributed by atoms with Crippen LogP contribution < -0.4 is 14.8 Å². The molecule has 0 aliphatic carbocycles. The van der Waals surface area contributed by atoms with Crippen LogP contribution in [-0.4, -0.2) is 20.1 Å². The third-order valence-corrected chi connectivity index (χ3v) is 3.82. The normalized spacial score (nSPS) is 10.7. The minimum atomic E-state index is -0.159. The van der Waals surface area contributed by atoms with Crippen LogP contribution in [0.25, 0.3) is 6.08 Å². The number of benzene rings is 2. The number of rotatable bonds is 6. The number of hydrogen-bond acceptors (Lipinski definition) is 3. The molecule has 1 N–H and O–H groups in total. The minimum Gasteiger partial charge on any atom is -0.493 e. The van der Waals surface area contributed by atoms with Crippen molar-refractivity contribution in [1.82, 2.24) is 0 Å². The molecular weight excluding hydrogens is 302 g/mol. The van der Waals surface area contributed by atoms with Crippen molar-refractivity contribution < 1.29 is 14.3 Å². The summed E-state index contributed by atoms with van der Waals surface area (Å²) in [7, 11) is 3.18. The quantitative estimate of drug-likeness (QED) is 0.809. The number of carbonyl (C=O) groups is 1. The molecule has 2 aromatic rings. The lowest BCUT2D eigenvalue weighted by Crippen LogP contribution is -2.11. The molecule has 0 heterocycles. The first-order valence-corrected chi connectivity index (χ1v) is 7.88. The van der Waals surface area contributed by atoms with Crippen molar-refractivity contribution in [3.8, 4) is 11.5 Å². The number of anilines is 1. The Bertz CT molecular complexity index is 751. The van der Waals surface area contributed by atoms with Crippen LogP contribution in [0.15, 0.2) is 42.5 Å². The van der Waals surface area contributed by atoms with E-state index in [4.69, 9.17) is 9.47 Å². The minimum absolute atomic E-state index is 0.159. The average Bonchev–Trinajstić information content (AvgIpc) is 2.61. The fourth-order valence-electron chi connectivity index (χ4n) is 2.50. The summed E-state index contributed by atoms with van der Waals surface area (Å²) in [6.07, 6.45) is 4.14. The Morgan fingerprint density at radius 2 is 1.88 bits per heavy atom. The second kappa shape index (κ2) is 8.20. The first-order valence-electron chi connectivity index (χ1n) is 7.88. The van der Waals surface area contributed by atoms with Crippen LogP contribution in [0.4, 0.5) is 5.69 Å². The second-order valence-corrected chi connectivity index (χ2v) is 5.40. The Morgan fingerprint density at radius 3 is 2.54 bits per heavy atom. The highest BCUT2D eigenvalue weighted by molar-refractivity contribution is 6.02. The summed E-state index contributed by atoms with van der Waals surface area (Å²) in [6.45, 7) is 4.07. The van der Waals surface area contributed by atoms with E-state index in [9.17, 15) is 4.79 Å². The summed E-state index contributed by atoms with van der Waals surface area (Å²) in [5.74, 6) is 1.13. The highest BCUT2D eigenvalue weighted by Crippen LogP contribution is 2.28. The summed E-state index contributed by atoms with van der Waals surface area (Å²) < 4.78 is 10.5. The molecule has 126 valence electrons. The Kier molecular flexibility index (Phi) is 6.01. The van der Waals surface area contributed by atoms with Crippen molar-refractivity contribution in [3.63, 3.8) is 0 Å². The molecule has 0 aromatic heterocycles. The predicted molar refractivity (Wildman–Crippen MR) is 97.8 cm³/mol. The van der Waals surface area contributed by atoms with Gasteiger partial charge in [0.25, 0.3) is 0 Å². The third kappa shape index (κ3) is 4.16. The van der Waals surface area contributed by atoms with Gasteiger partial charge in [0.15, 0.2) is 11.5 Å². The van der Waals surface area contributed by atoms with Crippen molar-refractivity contribution in [2.75, 3.05) is 19.5 Å². The van der Waals surface area contributed by atoms with E-state index in [1.807, 2.05) is 43.3 Å². The van der Waals surface area contributed by atoms with Crippen molar-refractivity contribution in [2.24, 2.45) is 0 Å². The third-order valence-electron chi connectivity index (χ3n) is 3.82. The van der Waals surface area contributed by atoms with E-state index >= 15 is 0 Å². The van der Waals surface area contributed by atoms with Crippen molar-refractivity contribution in [2.45, 2.75) is 20.3 Å². The highest BCUT2D eigenvalue weighted by atomic mass is 16.5. The van der Waals surface area contributed by atoms with Crippen LogP contribution >= 0.6 is 0 Å². The molecule has 0 aliphatic heterocycles. The van der Waals surface area contributed by atoms with Gasteiger partial charge in [-0.25, -0.2) is 0 Å². The Balaban J connectivity index is 2.14. The Labute approximate surface area is 143 Å². The van der Waals surface area contributed by atoms with Crippen LogP contribution in [0.3, 0.4) is 0 Å². The maximum absolute atomic E-state index is 12.2. The fourth-order valence-corrected chi connectivity index (χ4v) is 2.50. The van der Waals surface area contributed by atoms with E-state index in [0.29, 0.717) is 11.5 Å². The van der Waals surface area contributed by atoms with Gasteiger partial charge in [-0.3, -0.25) is 4.79 Å². The van der Waals surface area contributed by atoms with E-state index in [1.165, 1.54) is 6.08 Å². The molecular formula is C20H23NO3. The summed E-state index contributed by atoms with van der Waals surface area (Å²) in [5.41, 5.74) is 3.94. The number of para-hydroxylation sites is 1. The van der Waals surface area contributed by atoms with Gasteiger partial charge >= 0.3 is 0 Å². The predicted octanol–water partition coefficient (Wildman–Crippen LogP) is 4.23. The molecule has 0 bridgehead atoms. The first kappa shape index (κ1) is 17.6. The molecule has 0 unspecified atom stereocenters. The maximum Gasteiger partial charge on any atom is 0.248 e. The van der Waals surface area contributed by atoms with Crippen LogP contribution in [-0.2, 0) is 11.2 Å². The van der Waals surface area contributed by atoms with Crippen LogP contribution in [0, 0.1) is 6.92 Å². The zero-order valence-electron chi connectivity index (χ0n) is 14.6. The summed E-state index contributed by atoms with van der Waals surface area (Å²) in [4.78, 5) is 12.2. The molecule has 0 fully saturated rings. The molecule has 2 rings (SSSR count). The van der Waals surface area contributed by atoms with Crippen molar-refractivity contribution >= 4 is 17.7 Å². The van der Waals surface area contributed by atoms with Gasteiger partial charge in [0.05, 0.1) is 14.2 Å². The molecule has 0 saturated heterocycles. The number of carbonyl (C=O) groups excluding carboxylic acids is 1. The van der Waals surface area contributed by atoms with E-state index < -0.39 is 0 Å². The first-order chi connectivity index (χ1) is 11.6. The molecule has 0 atom stereocenters. The fraction of sp³-hybridized carbons (Fsp3) is 0.250. The van der Waals surface area contributed by atoms with Gasteiger partial charge in [0, 0.05) is 11.8 Å². The molecule has 0 saturated carbocycles. The standard InChI is InChI=1S/C20H23NO3/c1-5-16-8-6-7-14(2)20(16)21-19(22)12-10-15-9-11-17(23-3)18(13-15)24-4/h6-13H,5H2,1-4H3,(H,21,22). The smallest absolute Gasteiger partial charge is 0.248 e. The van der Waals surface area contributed by atoms with Crippen LogP contribution in [0.1, 0.15) is 23.6 Å². The number of aryl methyl sites for hydroxylation is 2. The number of ether oxygens (including phenoxy) is 2. The van der Waals surface area contributed by atoms with Crippen molar-refractivity contribution in [3.05, 3.63) is 59.2 Å². The molecule has 2 aromatic carbocycles. The van der Waals surface area contributed by atoms with Gasteiger partial charge in [-0.15, -0.1) is 0 Å². The Hall–Kier alpha value is -2.75. The van der Waals surface area contributed by atoms with E-state index in [0.717, 1.165) is 28.8 Å². The lowest BCUT2D eigenvalue weighted by molar-refractivity contribution is -0.111. The van der Waals surface area contributed by atoms with Crippen LogP contribution in [0.2, 0.25) is 0 Å². The van der Waals surface area contributed by atoms with E-state index in [1.54, 1.807) is 20.3 Å². The lowest BCUT2D eigenvalue weighted by atomic mass is 10.1. The van der Waals surface area contributed by atoms with Crippen LogP contribution in [0.5, 0.6) is 11.5 Å². The molecule has 24 heavy (non-hydrogen) atoms. The van der Waals surface area contributed by atoms with Gasteiger partial charge in [-0.05, 0) is 48.2 Å². The van der Waals surface area contributed by atoms with Gasteiger partial charge in [0.1, 0.15) is 0 Å². The summed E-state index contributed by atoms with van der Waals surface area (Å²) >= 11 is 0. The lowest BCUT2D eigenvalue weighted by Gasteiger charge is -2.11. The number of nitrogens with one attached hydrogen (secondary N) is 1. The topological polar surface area (TPSA) is 47.6 Å². The average molecular weight is 325 g/mol. The molecule has 0 radical (unpaired) electrons. The highest BCUT2D eigenvalue weighted by Gasteiger charge is 2.07. The van der Waals surface area contributed by atoms with Gasteiger partial charge < -0.3 is 14.8 Å². The zero-order chi connectivity index (χ0) is 17.5. The summed E-state index contributed by atoms with van der Waals surface area (Å²) in [5, 5.41) is 2.97. The monoisotopic (exact) mass is 325 g/mol. The van der Waals surface area contributed by atoms with Gasteiger partial charge in [-0.2, -0.15) is 0 Å². The number of methoxy groups -OCH3 is 2. The van der Waals surface area contributed by atoms with Crippen molar-refractivity contribution in [1.29, 1.82) is 0 Å². The molecule has 4 heteroatoms. The number of hydrogen-bond donors (Lipinski definition) is 1. The molecule has 4 nitrogen and oxygen atoms in total. The number of amides is 1. The second-order valence-electron chi connectivity index (χ2n) is 5.40. The van der Waals surface area contributed by atoms with E-state index in [-0.39, 0.29) is 5.91 Å². The van der Waals surface area contributed by atoms with E-state index in [2.05, 4.69) is 12.2 Å². The SMILES string of the molecule is CCc1cccc(C)c1NC(=O)C=Cc1ccc(OC)c(OC)c1. The molecule has 1 amide bonds. The van der Waals surface area contributed by atoms with Gasteiger partial charge in [0.2, 0.25) is 5.91 Å². The summed E-state index contributed by atoms with van der Waals surface area (Å²) in [6, 6.07) is 11.5. The Morgan fingerprint density at radius 1 is 1.12 bits per heavy atom. The molecule has 0 aliphatic rings. The molecule has 0 spiro atoms. The largest absolute Gasteiger partial charge is 0.493 e. The zero-order valence-corrected chi connectivity index (χ0v) is 14.6. The van der Waals surface area contributed by atoms with Gasteiger partial charge in [-0.1, -0.05) is 31.2 Å². The maximum atomic E-state index is 12.2.